The zero-order chi connectivity index (χ0) is 14.0. The van der Waals surface area contributed by atoms with Gasteiger partial charge in [0.15, 0.2) is 0 Å². The highest BCUT2D eigenvalue weighted by Gasteiger charge is 2.38. The van der Waals surface area contributed by atoms with Crippen molar-refractivity contribution in [3.05, 3.63) is 0 Å². The lowest BCUT2D eigenvalue weighted by molar-refractivity contribution is -0.139. The summed E-state index contributed by atoms with van der Waals surface area (Å²) < 4.78 is 0. The van der Waals surface area contributed by atoms with Gasteiger partial charge in [0.25, 0.3) is 0 Å². The number of carbonyl (C=O) groups excluding carboxylic acids is 1. The van der Waals surface area contributed by atoms with Crippen molar-refractivity contribution in [3.8, 4) is 0 Å². The second kappa shape index (κ2) is 6.05. The van der Waals surface area contributed by atoms with E-state index in [4.69, 9.17) is 0 Å². The van der Waals surface area contributed by atoms with Crippen LogP contribution in [-0.2, 0) is 4.79 Å². The predicted molar refractivity (Wildman–Crippen MR) is 81.5 cm³/mol. The van der Waals surface area contributed by atoms with E-state index in [1.165, 1.54) is 44.9 Å². The fourth-order valence-corrected chi connectivity index (χ4v) is 4.61. The normalized spacial score (nSPS) is 34.1. The average Bonchev–Trinajstić information content (AvgIpc) is 2.48. The molecule has 0 radical (unpaired) electrons. The molecule has 2 aliphatic heterocycles. The average molecular weight is 278 g/mol. The van der Waals surface area contributed by atoms with E-state index in [9.17, 15) is 4.79 Å². The molecule has 2 atom stereocenters. The third-order valence-electron chi connectivity index (χ3n) is 5.97. The molecule has 0 aromatic carbocycles. The van der Waals surface area contributed by atoms with Crippen molar-refractivity contribution >= 4 is 5.91 Å². The number of amides is 1. The van der Waals surface area contributed by atoms with E-state index < -0.39 is 0 Å². The smallest absolute Gasteiger partial charge is 0.226 e. The Morgan fingerprint density at radius 3 is 2.40 bits per heavy atom. The summed E-state index contributed by atoms with van der Waals surface area (Å²) in [5.41, 5.74) is 0.604. The van der Waals surface area contributed by atoms with Crippen LogP contribution in [0.4, 0.5) is 0 Å². The molecule has 0 bridgehead atoms. The highest BCUT2D eigenvalue weighted by Crippen LogP contribution is 2.44. The Hall–Kier alpha value is -0.570. The Balaban J connectivity index is 1.53. The van der Waals surface area contributed by atoms with Crippen LogP contribution in [0, 0.1) is 17.3 Å². The third kappa shape index (κ3) is 3.03. The molecule has 2 heterocycles. The lowest BCUT2D eigenvalue weighted by Gasteiger charge is -2.45. The zero-order valence-corrected chi connectivity index (χ0v) is 13.0. The van der Waals surface area contributed by atoms with Gasteiger partial charge in [-0.25, -0.2) is 0 Å². The van der Waals surface area contributed by atoms with Crippen molar-refractivity contribution in [1.29, 1.82) is 0 Å². The van der Waals surface area contributed by atoms with Gasteiger partial charge in [0, 0.05) is 19.6 Å². The molecular weight excluding hydrogens is 248 g/mol. The molecule has 3 rings (SSSR count). The summed E-state index contributed by atoms with van der Waals surface area (Å²) in [5.74, 6) is 1.31. The molecule has 0 aromatic rings. The SMILES string of the molecule is CC1CNCC(C(=O)N2CCC3(CCCCC3)CC2)C1. The van der Waals surface area contributed by atoms with Crippen LogP contribution in [0.5, 0.6) is 0 Å². The van der Waals surface area contributed by atoms with Gasteiger partial charge in [-0.2, -0.15) is 0 Å². The quantitative estimate of drug-likeness (QED) is 0.800. The van der Waals surface area contributed by atoms with Gasteiger partial charge in [-0.15, -0.1) is 0 Å². The second-order valence-electron chi connectivity index (χ2n) is 7.58. The minimum Gasteiger partial charge on any atom is -0.342 e. The highest BCUT2D eigenvalue weighted by atomic mass is 16.2. The first-order chi connectivity index (χ1) is 9.69. The van der Waals surface area contributed by atoms with Crippen LogP contribution < -0.4 is 5.32 Å². The minimum absolute atomic E-state index is 0.235. The van der Waals surface area contributed by atoms with E-state index in [1.807, 2.05) is 0 Å². The third-order valence-corrected chi connectivity index (χ3v) is 5.97. The molecule has 1 N–H and O–H groups in total. The molecule has 3 fully saturated rings. The Kier molecular flexibility index (Phi) is 4.34. The van der Waals surface area contributed by atoms with Crippen LogP contribution in [0.25, 0.3) is 0 Å². The van der Waals surface area contributed by atoms with Gasteiger partial charge >= 0.3 is 0 Å². The highest BCUT2D eigenvalue weighted by molar-refractivity contribution is 5.79. The lowest BCUT2D eigenvalue weighted by atomic mass is 9.68. The molecule has 20 heavy (non-hydrogen) atoms. The summed E-state index contributed by atoms with van der Waals surface area (Å²) in [6, 6.07) is 0. The summed E-state index contributed by atoms with van der Waals surface area (Å²) in [5, 5.41) is 3.41. The number of carbonyl (C=O) groups is 1. The van der Waals surface area contributed by atoms with Gasteiger partial charge in [0.2, 0.25) is 5.91 Å². The first kappa shape index (κ1) is 14.4. The topological polar surface area (TPSA) is 32.3 Å². The van der Waals surface area contributed by atoms with Crippen LogP contribution in [0.15, 0.2) is 0 Å². The maximum Gasteiger partial charge on any atom is 0.226 e. The van der Waals surface area contributed by atoms with Crippen LogP contribution in [-0.4, -0.2) is 37.0 Å². The Bertz CT molecular complexity index is 339. The molecule has 0 aromatic heterocycles. The molecule has 2 unspecified atom stereocenters. The summed E-state index contributed by atoms with van der Waals surface area (Å²) in [6.45, 7) is 6.25. The molecule has 114 valence electrons. The van der Waals surface area contributed by atoms with Crippen LogP contribution in [0.3, 0.4) is 0 Å². The van der Waals surface area contributed by atoms with Gasteiger partial charge in [0.05, 0.1) is 5.92 Å². The molecule has 2 saturated heterocycles. The van der Waals surface area contributed by atoms with E-state index in [0.717, 1.165) is 32.6 Å². The Morgan fingerprint density at radius 1 is 1.05 bits per heavy atom. The largest absolute Gasteiger partial charge is 0.342 e. The van der Waals surface area contributed by atoms with Gasteiger partial charge in [-0.05, 0) is 50.0 Å². The second-order valence-corrected chi connectivity index (χ2v) is 7.58. The van der Waals surface area contributed by atoms with Crippen molar-refractivity contribution in [2.45, 2.75) is 58.3 Å². The number of likely N-dealkylation sites (tertiary alicyclic amines) is 1. The first-order valence-corrected chi connectivity index (χ1v) is 8.68. The molecule has 3 heteroatoms. The van der Waals surface area contributed by atoms with Gasteiger partial charge in [0.1, 0.15) is 0 Å². The van der Waals surface area contributed by atoms with E-state index in [-0.39, 0.29) is 5.92 Å². The van der Waals surface area contributed by atoms with Crippen LogP contribution in [0.1, 0.15) is 58.3 Å². The number of hydrogen-bond acceptors (Lipinski definition) is 2. The number of nitrogens with one attached hydrogen (secondary N) is 1. The van der Waals surface area contributed by atoms with Crippen molar-refractivity contribution in [3.63, 3.8) is 0 Å². The monoisotopic (exact) mass is 278 g/mol. The molecule has 3 aliphatic rings. The predicted octanol–water partition coefficient (Wildman–Crippen LogP) is 2.80. The Labute approximate surface area is 123 Å². The zero-order valence-electron chi connectivity index (χ0n) is 13.0. The maximum absolute atomic E-state index is 12.7. The van der Waals surface area contributed by atoms with Crippen molar-refractivity contribution in [1.82, 2.24) is 10.2 Å². The van der Waals surface area contributed by atoms with Gasteiger partial charge < -0.3 is 10.2 Å². The van der Waals surface area contributed by atoms with Gasteiger partial charge in [-0.1, -0.05) is 26.2 Å². The van der Waals surface area contributed by atoms with Crippen LogP contribution >= 0.6 is 0 Å². The molecule has 1 amide bonds. The maximum atomic E-state index is 12.7. The summed E-state index contributed by atoms with van der Waals surface area (Å²) in [4.78, 5) is 14.8. The number of hydrogen-bond donors (Lipinski definition) is 1. The van der Waals surface area contributed by atoms with E-state index in [0.29, 0.717) is 17.2 Å². The number of rotatable bonds is 1. The first-order valence-electron chi connectivity index (χ1n) is 8.68. The molecule has 1 spiro atoms. The fraction of sp³-hybridized carbons (Fsp3) is 0.941. The van der Waals surface area contributed by atoms with Gasteiger partial charge in [-0.3, -0.25) is 4.79 Å². The van der Waals surface area contributed by atoms with Crippen molar-refractivity contribution in [2.75, 3.05) is 26.2 Å². The molecule has 1 saturated carbocycles. The summed E-state index contributed by atoms with van der Waals surface area (Å²) in [7, 11) is 0. The summed E-state index contributed by atoms with van der Waals surface area (Å²) in [6.07, 6.45) is 10.7. The fourth-order valence-electron chi connectivity index (χ4n) is 4.61. The van der Waals surface area contributed by atoms with E-state index >= 15 is 0 Å². The molecule has 3 nitrogen and oxygen atoms in total. The molecule has 1 aliphatic carbocycles. The van der Waals surface area contributed by atoms with Crippen molar-refractivity contribution < 1.29 is 4.79 Å². The number of piperidine rings is 2. The van der Waals surface area contributed by atoms with Crippen LogP contribution in [0.2, 0.25) is 0 Å². The van der Waals surface area contributed by atoms with E-state index in [2.05, 4.69) is 17.1 Å². The Morgan fingerprint density at radius 2 is 1.75 bits per heavy atom. The van der Waals surface area contributed by atoms with E-state index in [1.54, 1.807) is 0 Å². The molecular formula is C17H30N2O. The minimum atomic E-state index is 0.235. The number of nitrogens with zero attached hydrogens (tertiary/aromatic N) is 1. The van der Waals surface area contributed by atoms with Crippen molar-refractivity contribution in [2.24, 2.45) is 17.3 Å². The summed E-state index contributed by atoms with van der Waals surface area (Å²) >= 11 is 0. The standard InChI is InChI=1S/C17H30N2O/c1-14-11-15(13-18-12-14)16(20)19-9-7-17(8-10-19)5-3-2-4-6-17/h14-15,18H,2-13H2,1H3. The lowest BCUT2D eigenvalue weighted by Crippen LogP contribution is -2.49.